The molecule has 1 aromatic carbocycles. The number of rotatable bonds is 0. The molecule has 0 bridgehead atoms. The number of fused-ring (bicyclic) bond motifs is 1. The van der Waals surface area contributed by atoms with Crippen LogP contribution in [0.4, 0.5) is 0 Å². The fraction of sp³-hybridized carbons (Fsp3) is 0.312. The van der Waals surface area contributed by atoms with Crippen LogP contribution in [0.2, 0.25) is 0 Å². The van der Waals surface area contributed by atoms with Crippen molar-refractivity contribution in [3.05, 3.63) is 46.5 Å². The molecule has 0 amide bonds. The highest BCUT2D eigenvalue weighted by molar-refractivity contribution is 6.37. The summed E-state index contributed by atoms with van der Waals surface area (Å²) in [6.45, 7) is 3.85. The van der Waals surface area contributed by atoms with Crippen LogP contribution in [0.5, 0.6) is 0 Å². The van der Waals surface area contributed by atoms with Crippen LogP contribution < -0.4 is 0 Å². The summed E-state index contributed by atoms with van der Waals surface area (Å²) in [6.07, 6.45) is 0.957. The average molecular weight is 254 g/mol. The summed E-state index contributed by atoms with van der Waals surface area (Å²) in [6, 6.07) is 6.74. The lowest BCUT2D eigenvalue weighted by atomic mass is 9.65. The number of hydrogen-bond acceptors (Lipinski definition) is 3. The maximum atomic E-state index is 12.6. The third-order valence-electron chi connectivity index (χ3n) is 4.05. The Morgan fingerprint density at radius 3 is 2.16 bits per heavy atom. The molecule has 0 saturated carbocycles. The molecular formula is C16H14O3. The van der Waals surface area contributed by atoms with E-state index in [2.05, 4.69) is 0 Å². The lowest BCUT2D eigenvalue weighted by Crippen LogP contribution is -2.37. The van der Waals surface area contributed by atoms with E-state index in [0.29, 0.717) is 29.5 Å². The third kappa shape index (κ3) is 1.54. The van der Waals surface area contributed by atoms with Crippen LogP contribution in [0.1, 0.15) is 47.4 Å². The predicted molar refractivity (Wildman–Crippen MR) is 70.2 cm³/mol. The third-order valence-corrected chi connectivity index (χ3v) is 4.05. The van der Waals surface area contributed by atoms with Crippen molar-refractivity contribution in [2.45, 2.75) is 26.7 Å². The summed E-state index contributed by atoms with van der Waals surface area (Å²) < 4.78 is 0. The summed E-state index contributed by atoms with van der Waals surface area (Å²) in [7, 11) is 0. The van der Waals surface area contributed by atoms with Crippen molar-refractivity contribution in [2.75, 3.05) is 0 Å². The lowest BCUT2D eigenvalue weighted by molar-refractivity contribution is -0.116. The first-order chi connectivity index (χ1) is 8.93. The van der Waals surface area contributed by atoms with Gasteiger partial charge in [-0.05, 0) is 11.8 Å². The van der Waals surface area contributed by atoms with Crippen LogP contribution in [0.3, 0.4) is 0 Å². The largest absolute Gasteiger partial charge is 0.294 e. The molecule has 0 radical (unpaired) electrons. The van der Waals surface area contributed by atoms with Gasteiger partial charge >= 0.3 is 0 Å². The van der Waals surface area contributed by atoms with Gasteiger partial charge in [0, 0.05) is 23.1 Å². The molecule has 1 aromatic rings. The Bertz CT molecular complexity index is 662. The van der Waals surface area contributed by atoms with E-state index < -0.39 is 5.41 Å². The van der Waals surface area contributed by atoms with Gasteiger partial charge in [0.15, 0.2) is 17.3 Å². The van der Waals surface area contributed by atoms with Crippen molar-refractivity contribution in [1.82, 2.24) is 0 Å². The lowest BCUT2D eigenvalue weighted by Gasteiger charge is -2.35. The Balaban J connectivity index is 2.33. The van der Waals surface area contributed by atoms with Crippen molar-refractivity contribution in [3.8, 4) is 0 Å². The first-order valence-corrected chi connectivity index (χ1v) is 6.40. The molecule has 0 heterocycles. The monoisotopic (exact) mass is 254 g/mol. The van der Waals surface area contributed by atoms with Crippen LogP contribution in [-0.2, 0) is 4.79 Å². The molecule has 0 aromatic heterocycles. The molecule has 0 spiro atoms. The summed E-state index contributed by atoms with van der Waals surface area (Å²) in [5.41, 5.74) is 0.905. The fourth-order valence-electron chi connectivity index (χ4n) is 2.96. The molecular weight excluding hydrogens is 240 g/mol. The normalized spacial score (nSPS) is 21.3. The van der Waals surface area contributed by atoms with E-state index in [1.54, 1.807) is 24.3 Å². The number of Topliss-reactive ketones (excluding diaryl/α,β-unsaturated/α-hetero) is 3. The zero-order chi connectivity index (χ0) is 13.8. The van der Waals surface area contributed by atoms with Gasteiger partial charge in [-0.25, -0.2) is 0 Å². The molecule has 0 atom stereocenters. The Morgan fingerprint density at radius 2 is 1.53 bits per heavy atom. The zero-order valence-electron chi connectivity index (χ0n) is 10.9. The molecule has 0 saturated heterocycles. The fourth-order valence-corrected chi connectivity index (χ4v) is 2.96. The number of benzene rings is 1. The second-order valence-corrected chi connectivity index (χ2v) is 5.76. The molecule has 0 aliphatic heterocycles. The van der Waals surface area contributed by atoms with Crippen LogP contribution in [0, 0.1) is 5.41 Å². The van der Waals surface area contributed by atoms with Crippen molar-refractivity contribution < 1.29 is 14.4 Å². The van der Waals surface area contributed by atoms with E-state index >= 15 is 0 Å². The predicted octanol–water partition coefficient (Wildman–Crippen LogP) is 2.75. The number of carbonyl (C=O) groups is 3. The van der Waals surface area contributed by atoms with E-state index in [-0.39, 0.29) is 22.9 Å². The first kappa shape index (κ1) is 12.0. The minimum absolute atomic E-state index is 0.125. The van der Waals surface area contributed by atoms with Crippen molar-refractivity contribution in [3.63, 3.8) is 0 Å². The molecule has 3 rings (SSSR count). The maximum absolute atomic E-state index is 12.6. The highest BCUT2D eigenvalue weighted by Gasteiger charge is 2.44. The van der Waals surface area contributed by atoms with Gasteiger partial charge < -0.3 is 0 Å². The summed E-state index contributed by atoms with van der Waals surface area (Å²) in [5, 5.41) is 0. The Kier molecular flexibility index (Phi) is 2.36. The standard InChI is InChI=1S/C16H14O3/c1-16(2)8-7-11(17)12-13(16)15(19)10-6-4-3-5-9(10)14(12)18/h3-6H,7-8H2,1-2H3. The van der Waals surface area contributed by atoms with E-state index in [1.165, 1.54) is 0 Å². The molecule has 0 fully saturated rings. The molecule has 2 aliphatic carbocycles. The van der Waals surface area contributed by atoms with Crippen molar-refractivity contribution in [1.29, 1.82) is 0 Å². The van der Waals surface area contributed by atoms with Gasteiger partial charge in [0.2, 0.25) is 0 Å². The maximum Gasteiger partial charge on any atom is 0.197 e. The number of hydrogen-bond donors (Lipinski definition) is 0. The van der Waals surface area contributed by atoms with Gasteiger partial charge in [-0.3, -0.25) is 14.4 Å². The van der Waals surface area contributed by atoms with E-state index in [0.717, 1.165) is 0 Å². The number of ketones is 3. The smallest absolute Gasteiger partial charge is 0.197 e. The molecule has 19 heavy (non-hydrogen) atoms. The summed E-state index contributed by atoms with van der Waals surface area (Å²) in [4.78, 5) is 37.1. The molecule has 2 aliphatic rings. The van der Waals surface area contributed by atoms with Gasteiger partial charge in [-0.2, -0.15) is 0 Å². The second kappa shape index (κ2) is 3.73. The van der Waals surface area contributed by atoms with E-state index in [4.69, 9.17) is 0 Å². The molecule has 3 heteroatoms. The van der Waals surface area contributed by atoms with E-state index in [1.807, 2.05) is 13.8 Å². The minimum Gasteiger partial charge on any atom is -0.294 e. The molecule has 96 valence electrons. The van der Waals surface area contributed by atoms with Crippen LogP contribution >= 0.6 is 0 Å². The van der Waals surface area contributed by atoms with Gasteiger partial charge in [-0.15, -0.1) is 0 Å². The Morgan fingerprint density at radius 1 is 0.947 bits per heavy atom. The highest BCUT2D eigenvalue weighted by Crippen LogP contribution is 2.44. The molecule has 0 N–H and O–H groups in total. The van der Waals surface area contributed by atoms with Gasteiger partial charge in [0.25, 0.3) is 0 Å². The van der Waals surface area contributed by atoms with Crippen molar-refractivity contribution in [2.24, 2.45) is 5.41 Å². The Labute approximate surface area is 111 Å². The summed E-state index contributed by atoms with van der Waals surface area (Å²) >= 11 is 0. The van der Waals surface area contributed by atoms with Gasteiger partial charge in [-0.1, -0.05) is 38.1 Å². The van der Waals surface area contributed by atoms with Gasteiger partial charge in [0.05, 0.1) is 5.57 Å². The molecule has 0 unspecified atom stereocenters. The van der Waals surface area contributed by atoms with Gasteiger partial charge in [0.1, 0.15) is 0 Å². The van der Waals surface area contributed by atoms with Crippen molar-refractivity contribution >= 4 is 17.3 Å². The minimum atomic E-state index is -0.413. The van der Waals surface area contributed by atoms with Crippen LogP contribution in [-0.4, -0.2) is 17.3 Å². The quantitative estimate of drug-likeness (QED) is 0.669. The average Bonchev–Trinajstić information content (AvgIpc) is 2.39. The SMILES string of the molecule is CC1(C)CCC(=O)C2=C1C(=O)c1ccccc1C2=O. The molecule has 3 nitrogen and oxygen atoms in total. The zero-order valence-corrected chi connectivity index (χ0v) is 10.9. The summed E-state index contributed by atoms with van der Waals surface area (Å²) in [5.74, 6) is -0.645. The highest BCUT2D eigenvalue weighted by atomic mass is 16.2. The number of allylic oxidation sites excluding steroid dienone is 2. The van der Waals surface area contributed by atoms with Crippen LogP contribution in [0.15, 0.2) is 35.4 Å². The van der Waals surface area contributed by atoms with Crippen LogP contribution in [0.25, 0.3) is 0 Å². The number of carbonyl (C=O) groups excluding carboxylic acids is 3. The topological polar surface area (TPSA) is 51.2 Å². The Hall–Kier alpha value is -2.03. The van der Waals surface area contributed by atoms with E-state index in [9.17, 15) is 14.4 Å². The second-order valence-electron chi connectivity index (χ2n) is 5.76. The first-order valence-electron chi connectivity index (χ1n) is 6.40.